The van der Waals surface area contributed by atoms with E-state index in [1.807, 2.05) is 61.8 Å². The van der Waals surface area contributed by atoms with E-state index >= 15 is 0 Å². The summed E-state index contributed by atoms with van der Waals surface area (Å²) < 4.78 is 13.2. The molecule has 2 aromatic carbocycles. The number of nitrogens with zero attached hydrogens (tertiary/aromatic N) is 3. The van der Waals surface area contributed by atoms with Crippen LogP contribution >= 0.6 is 11.8 Å². The number of amidine groups is 2. The van der Waals surface area contributed by atoms with Crippen molar-refractivity contribution in [2.75, 3.05) is 13.7 Å². The van der Waals surface area contributed by atoms with Crippen LogP contribution in [0.25, 0.3) is 17.0 Å². The number of allylic oxidation sites excluding steroid dienone is 1. The van der Waals surface area contributed by atoms with Crippen LogP contribution in [-0.4, -0.2) is 40.1 Å². The number of ether oxygens (including phenoxy) is 2. The summed E-state index contributed by atoms with van der Waals surface area (Å²) in [6.07, 6.45) is 6.48. The molecule has 0 saturated carbocycles. The number of aromatic nitrogens is 1. The second-order valence-corrected chi connectivity index (χ2v) is 9.20. The van der Waals surface area contributed by atoms with Crippen LogP contribution in [-0.2, 0) is 11.3 Å². The molecule has 2 aliphatic rings. The van der Waals surface area contributed by atoms with Gasteiger partial charge in [0.05, 0.1) is 19.3 Å². The average Bonchev–Trinajstić information content (AvgIpc) is 3.39. The number of aryl methyl sites for hydroxylation is 1. The summed E-state index contributed by atoms with van der Waals surface area (Å²) in [6.45, 7) is 3.28. The molecule has 1 N–H and O–H groups in total. The van der Waals surface area contributed by atoms with E-state index < -0.39 is 0 Å². The molecule has 0 aliphatic carbocycles. The van der Waals surface area contributed by atoms with Crippen molar-refractivity contribution in [3.8, 4) is 11.5 Å². The smallest absolute Gasteiger partial charge is 0.283 e. The number of amides is 1. The number of para-hydroxylation sites is 1. The molecule has 0 fully saturated rings. The van der Waals surface area contributed by atoms with E-state index in [0.717, 1.165) is 45.8 Å². The first-order chi connectivity index (χ1) is 16.5. The van der Waals surface area contributed by atoms with Gasteiger partial charge in [0, 0.05) is 40.3 Å². The molecule has 34 heavy (non-hydrogen) atoms. The summed E-state index contributed by atoms with van der Waals surface area (Å²) in [7, 11) is 1.64. The molecule has 5 rings (SSSR count). The Bertz CT molecular complexity index is 1370. The van der Waals surface area contributed by atoms with Gasteiger partial charge in [-0.25, -0.2) is 0 Å². The quantitative estimate of drug-likeness (QED) is 0.374. The van der Waals surface area contributed by atoms with Crippen molar-refractivity contribution in [3.63, 3.8) is 0 Å². The van der Waals surface area contributed by atoms with E-state index in [2.05, 4.69) is 15.6 Å². The van der Waals surface area contributed by atoms with Crippen molar-refractivity contribution in [3.05, 3.63) is 77.0 Å². The first-order valence-electron chi connectivity index (χ1n) is 11.0. The Balaban J connectivity index is 1.34. The Morgan fingerprint density at radius 2 is 1.88 bits per heavy atom. The fraction of sp³-hybridized carbons (Fsp3) is 0.192. The van der Waals surface area contributed by atoms with Gasteiger partial charge in [-0.05, 0) is 49.8 Å². The lowest BCUT2D eigenvalue weighted by Gasteiger charge is -2.22. The molecule has 0 saturated heterocycles. The second kappa shape index (κ2) is 9.23. The maximum absolute atomic E-state index is 12.7. The van der Waals surface area contributed by atoms with Crippen molar-refractivity contribution in [1.29, 1.82) is 5.41 Å². The normalized spacial score (nSPS) is 16.6. The summed E-state index contributed by atoms with van der Waals surface area (Å²) in [4.78, 5) is 19.6. The fourth-order valence-electron chi connectivity index (χ4n) is 4.03. The maximum atomic E-state index is 12.7. The molecule has 3 heterocycles. The zero-order valence-electron chi connectivity index (χ0n) is 18.9. The van der Waals surface area contributed by atoms with E-state index in [-0.39, 0.29) is 11.7 Å². The van der Waals surface area contributed by atoms with E-state index in [1.165, 1.54) is 11.8 Å². The van der Waals surface area contributed by atoms with Gasteiger partial charge in [0.1, 0.15) is 17.3 Å². The van der Waals surface area contributed by atoms with Crippen molar-refractivity contribution in [2.24, 2.45) is 4.99 Å². The zero-order valence-corrected chi connectivity index (χ0v) is 19.8. The monoisotopic (exact) mass is 472 g/mol. The van der Waals surface area contributed by atoms with Crippen molar-refractivity contribution < 1.29 is 14.3 Å². The molecular weight excluding hydrogens is 448 g/mol. The van der Waals surface area contributed by atoms with Crippen molar-refractivity contribution in [1.82, 2.24) is 9.47 Å². The number of hydrogen-bond donors (Lipinski definition) is 1. The third kappa shape index (κ3) is 4.24. The Labute approximate surface area is 201 Å². The third-order valence-corrected chi connectivity index (χ3v) is 6.58. The number of hydrogen-bond acceptors (Lipinski definition) is 5. The minimum atomic E-state index is -0.378. The predicted molar refractivity (Wildman–Crippen MR) is 136 cm³/mol. The van der Waals surface area contributed by atoms with Crippen molar-refractivity contribution >= 4 is 45.7 Å². The van der Waals surface area contributed by atoms with Gasteiger partial charge in [0.25, 0.3) is 5.91 Å². The van der Waals surface area contributed by atoms with Gasteiger partial charge in [0.15, 0.2) is 5.17 Å². The summed E-state index contributed by atoms with van der Waals surface area (Å²) in [5.74, 6) is 1.39. The number of nitrogens with one attached hydrogen (secondary N) is 1. The summed E-state index contributed by atoms with van der Waals surface area (Å²) in [6, 6.07) is 15.6. The minimum absolute atomic E-state index is 0.157. The lowest BCUT2D eigenvalue weighted by molar-refractivity contribution is -0.114. The Kier molecular flexibility index (Phi) is 5.98. The number of rotatable bonds is 7. The Morgan fingerprint density at radius 1 is 1.12 bits per heavy atom. The minimum Gasteiger partial charge on any atom is -0.497 e. The van der Waals surface area contributed by atoms with Crippen LogP contribution in [0, 0.1) is 5.41 Å². The Hall–Kier alpha value is -3.78. The first-order valence-corrected chi connectivity index (χ1v) is 11.8. The molecule has 2 aliphatic heterocycles. The van der Waals surface area contributed by atoms with Gasteiger partial charge < -0.3 is 14.0 Å². The molecule has 0 spiro atoms. The van der Waals surface area contributed by atoms with Crippen LogP contribution in [0.15, 0.2) is 76.4 Å². The molecule has 1 amide bonds. The molecule has 172 valence electrons. The van der Waals surface area contributed by atoms with Crippen molar-refractivity contribution in [2.45, 2.75) is 19.9 Å². The predicted octanol–water partition coefficient (Wildman–Crippen LogP) is 5.29. The first kappa shape index (κ1) is 22.0. The van der Waals surface area contributed by atoms with Gasteiger partial charge >= 0.3 is 0 Å². The fourth-order valence-corrected chi connectivity index (χ4v) is 4.85. The molecular formula is C26H24N4O3S. The van der Waals surface area contributed by atoms with Gasteiger partial charge in [0.2, 0.25) is 0 Å². The highest BCUT2D eigenvalue weighted by atomic mass is 32.2. The van der Waals surface area contributed by atoms with Crippen LogP contribution in [0.2, 0.25) is 0 Å². The molecule has 3 aromatic rings. The highest BCUT2D eigenvalue weighted by Gasteiger charge is 2.33. The van der Waals surface area contributed by atoms with E-state index in [0.29, 0.717) is 17.3 Å². The van der Waals surface area contributed by atoms with Crippen LogP contribution in [0.5, 0.6) is 11.5 Å². The molecule has 0 bridgehead atoms. The number of thioether (sulfide) groups is 1. The molecule has 8 heteroatoms. The lowest BCUT2D eigenvalue weighted by atomic mass is 10.1. The maximum Gasteiger partial charge on any atom is 0.283 e. The molecule has 0 radical (unpaired) electrons. The standard InChI is InChI=1S/C26H24N4O3S/c1-17-15-30-24(27)22(25(31)28-26(30)34-17)14-18-16-29(23-7-4-3-6-21(18)23)12-5-13-33-20-10-8-19(32-2)9-11-20/h3-4,6-11,14-16,27H,5,12-13H2,1-2H3/b22-14+,27-24?. The number of carbonyl (C=O) groups excluding carboxylic acids is 1. The molecule has 7 nitrogen and oxygen atoms in total. The van der Waals surface area contributed by atoms with E-state index in [4.69, 9.17) is 14.9 Å². The molecule has 0 atom stereocenters. The molecule has 1 aromatic heterocycles. The Morgan fingerprint density at radius 3 is 2.68 bits per heavy atom. The number of methoxy groups -OCH3 is 1. The van der Waals surface area contributed by atoms with Gasteiger partial charge in [-0.3, -0.25) is 15.1 Å². The zero-order chi connectivity index (χ0) is 23.7. The number of benzene rings is 2. The highest BCUT2D eigenvalue weighted by molar-refractivity contribution is 8.17. The van der Waals surface area contributed by atoms with Crippen LogP contribution in [0.1, 0.15) is 18.9 Å². The topological polar surface area (TPSA) is 79.9 Å². The average molecular weight is 473 g/mol. The van der Waals surface area contributed by atoms with Crippen LogP contribution < -0.4 is 9.47 Å². The van der Waals surface area contributed by atoms with Gasteiger partial charge in [-0.15, -0.1) is 0 Å². The highest BCUT2D eigenvalue weighted by Crippen LogP contribution is 2.33. The second-order valence-electron chi connectivity index (χ2n) is 7.99. The van der Waals surface area contributed by atoms with Gasteiger partial charge in [-0.1, -0.05) is 30.0 Å². The molecule has 0 unspecified atom stereocenters. The summed E-state index contributed by atoms with van der Waals surface area (Å²) in [5, 5.41) is 10.1. The van der Waals surface area contributed by atoms with E-state index in [9.17, 15) is 4.79 Å². The summed E-state index contributed by atoms with van der Waals surface area (Å²) >= 11 is 1.41. The third-order valence-electron chi connectivity index (χ3n) is 5.68. The largest absolute Gasteiger partial charge is 0.497 e. The number of aliphatic imine (C=N–C) groups is 1. The van der Waals surface area contributed by atoms with E-state index in [1.54, 1.807) is 18.1 Å². The summed E-state index contributed by atoms with van der Waals surface area (Å²) in [5.41, 5.74) is 2.26. The lowest BCUT2D eigenvalue weighted by Crippen LogP contribution is -2.35. The SMILES string of the molecule is COc1ccc(OCCCn2cc(/C=C3\C(=N)N4C=C(C)SC4=NC3=O)c3ccccc32)cc1. The van der Waals surface area contributed by atoms with Gasteiger partial charge in [-0.2, -0.15) is 4.99 Å². The number of fused-ring (bicyclic) bond motifs is 2. The van der Waals surface area contributed by atoms with Crippen LogP contribution in [0.4, 0.5) is 0 Å². The number of carbonyl (C=O) groups is 1. The van der Waals surface area contributed by atoms with Crippen LogP contribution in [0.3, 0.4) is 0 Å².